The van der Waals surface area contributed by atoms with E-state index in [1.807, 2.05) is 13.0 Å². The van der Waals surface area contributed by atoms with E-state index < -0.39 is 0 Å². The molecule has 2 N–H and O–H groups in total. The third-order valence-electron chi connectivity index (χ3n) is 3.28. The van der Waals surface area contributed by atoms with Gasteiger partial charge in [-0.2, -0.15) is 0 Å². The number of benzene rings is 1. The van der Waals surface area contributed by atoms with Crippen LogP contribution in [0, 0.1) is 6.92 Å². The highest BCUT2D eigenvalue weighted by Gasteiger charge is 2.11. The molecular formula is C18H15N3O3. The SMILES string of the molecule is Cc1ccc(NC(=O)c2cccc(NC(=O)c3ccco3)c2)nc1. The van der Waals surface area contributed by atoms with E-state index in [0.717, 1.165) is 5.56 Å². The second kappa shape index (κ2) is 6.78. The maximum absolute atomic E-state index is 12.3. The maximum atomic E-state index is 12.3. The number of carbonyl (C=O) groups excluding carboxylic acids is 2. The van der Waals surface area contributed by atoms with Crippen LogP contribution in [0.25, 0.3) is 0 Å². The number of amides is 2. The first kappa shape index (κ1) is 15.5. The van der Waals surface area contributed by atoms with Crippen molar-refractivity contribution < 1.29 is 14.0 Å². The summed E-state index contributed by atoms with van der Waals surface area (Å²) in [5, 5.41) is 5.39. The van der Waals surface area contributed by atoms with E-state index in [4.69, 9.17) is 4.42 Å². The molecule has 24 heavy (non-hydrogen) atoms. The van der Waals surface area contributed by atoms with Crippen LogP contribution in [0.4, 0.5) is 11.5 Å². The lowest BCUT2D eigenvalue weighted by Crippen LogP contribution is -2.14. The zero-order valence-electron chi connectivity index (χ0n) is 12.9. The molecule has 2 heterocycles. The third kappa shape index (κ3) is 3.67. The molecule has 0 aliphatic rings. The number of aryl methyl sites for hydroxylation is 1. The van der Waals surface area contributed by atoms with Gasteiger partial charge in [-0.25, -0.2) is 4.98 Å². The molecule has 120 valence electrons. The average Bonchev–Trinajstić information content (AvgIpc) is 3.12. The number of pyridine rings is 1. The van der Waals surface area contributed by atoms with Gasteiger partial charge in [-0.15, -0.1) is 0 Å². The Kier molecular flexibility index (Phi) is 4.38. The highest BCUT2D eigenvalue weighted by atomic mass is 16.3. The van der Waals surface area contributed by atoms with Crippen molar-refractivity contribution in [2.75, 3.05) is 10.6 Å². The van der Waals surface area contributed by atoms with E-state index in [1.165, 1.54) is 6.26 Å². The van der Waals surface area contributed by atoms with Gasteiger partial charge in [-0.1, -0.05) is 12.1 Å². The first-order valence-electron chi connectivity index (χ1n) is 7.31. The van der Waals surface area contributed by atoms with E-state index in [9.17, 15) is 9.59 Å². The number of hydrogen-bond acceptors (Lipinski definition) is 4. The van der Waals surface area contributed by atoms with Crippen molar-refractivity contribution in [3.63, 3.8) is 0 Å². The Bertz CT molecular complexity index is 855. The van der Waals surface area contributed by atoms with E-state index >= 15 is 0 Å². The van der Waals surface area contributed by atoms with Crippen LogP contribution >= 0.6 is 0 Å². The first-order chi connectivity index (χ1) is 11.6. The Hall–Kier alpha value is -3.41. The smallest absolute Gasteiger partial charge is 0.291 e. The molecule has 0 saturated heterocycles. The molecule has 0 saturated carbocycles. The van der Waals surface area contributed by atoms with Crippen LogP contribution in [0.2, 0.25) is 0 Å². The molecule has 3 aromatic rings. The van der Waals surface area contributed by atoms with Crippen molar-refractivity contribution in [3.8, 4) is 0 Å². The molecule has 0 aliphatic carbocycles. The number of nitrogens with zero attached hydrogens (tertiary/aromatic N) is 1. The van der Waals surface area contributed by atoms with Crippen LogP contribution in [0.1, 0.15) is 26.5 Å². The second-order valence-electron chi connectivity index (χ2n) is 5.19. The highest BCUT2D eigenvalue weighted by Crippen LogP contribution is 2.14. The van der Waals surface area contributed by atoms with Gasteiger partial charge in [0.05, 0.1) is 6.26 Å². The summed E-state index contributed by atoms with van der Waals surface area (Å²) in [5.74, 6) is -0.0115. The summed E-state index contributed by atoms with van der Waals surface area (Å²) in [6.45, 7) is 1.92. The first-order valence-corrected chi connectivity index (χ1v) is 7.31. The van der Waals surface area contributed by atoms with Crippen LogP contribution in [0.5, 0.6) is 0 Å². The topological polar surface area (TPSA) is 84.2 Å². The molecule has 0 spiro atoms. The van der Waals surface area contributed by atoms with Crippen LogP contribution in [-0.4, -0.2) is 16.8 Å². The van der Waals surface area contributed by atoms with Gasteiger partial charge in [-0.05, 0) is 48.9 Å². The fourth-order valence-electron chi connectivity index (χ4n) is 2.07. The molecular weight excluding hydrogens is 306 g/mol. The normalized spacial score (nSPS) is 10.2. The summed E-state index contributed by atoms with van der Waals surface area (Å²) < 4.78 is 5.03. The average molecular weight is 321 g/mol. The second-order valence-corrected chi connectivity index (χ2v) is 5.19. The summed E-state index contributed by atoms with van der Waals surface area (Å²) in [4.78, 5) is 28.4. The van der Waals surface area contributed by atoms with Crippen LogP contribution in [0.3, 0.4) is 0 Å². The minimum atomic E-state index is -0.377. The lowest BCUT2D eigenvalue weighted by atomic mass is 10.2. The molecule has 0 atom stereocenters. The monoisotopic (exact) mass is 321 g/mol. The van der Waals surface area contributed by atoms with Crippen LogP contribution < -0.4 is 10.6 Å². The lowest BCUT2D eigenvalue weighted by molar-refractivity contribution is 0.0993. The Balaban J connectivity index is 1.71. The van der Waals surface area contributed by atoms with E-state index in [-0.39, 0.29) is 17.6 Å². The van der Waals surface area contributed by atoms with E-state index in [0.29, 0.717) is 17.1 Å². The Morgan fingerprint density at radius 3 is 2.58 bits per heavy atom. The molecule has 6 heteroatoms. The summed E-state index contributed by atoms with van der Waals surface area (Å²) in [6, 6.07) is 13.4. The largest absolute Gasteiger partial charge is 0.459 e. The molecule has 0 unspecified atom stereocenters. The van der Waals surface area contributed by atoms with Gasteiger partial charge < -0.3 is 15.1 Å². The number of rotatable bonds is 4. The van der Waals surface area contributed by atoms with Gasteiger partial charge in [0.2, 0.25) is 0 Å². The van der Waals surface area contributed by atoms with Crippen molar-refractivity contribution in [2.24, 2.45) is 0 Å². The fourth-order valence-corrected chi connectivity index (χ4v) is 2.07. The minimum Gasteiger partial charge on any atom is -0.459 e. The third-order valence-corrected chi connectivity index (χ3v) is 3.28. The molecule has 0 radical (unpaired) electrons. The van der Waals surface area contributed by atoms with Crippen LogP contribution in [-0.2, 0) is 0 Å². The van der Waals surface area contributed by atoms with Gasteiger partial charge in [0.25, 0.3) is 11.8 Å². The van der Waals surface area contributed by atoms with Crippen molar-refractivity contribution in [1.29, 1.82) is 0 Å². The van der Waals surface area contributed by atoms with E-state index in [2.05, 4.69) is 15.6 Å². The quantitative estimate of drug-likeness (QED) is 0.770. The Labute approximate surface area is 138 Å². The number of hydrogen-bond donors (Lipinski definition) is 2. The molecule has 0 fully saturated rings. The molecule has 3 rings (SSSR count). The maximum Gasteiger partial charge on any atom is 0.291 e. The standard InChI is InChI=1S/C18H15N3O3/c1-12-7-8-16(19-11-12)21-17(22)13-4-2-5-14(10-13)20-18(23)15-6-3-9-24-15/h2-11H,1H3,(H,20,23)(H,19,21,22). The molecule has 0 bridgehead atoms. The van der Waals surface area contributed by atoms with Gasteiger partial charge in [-0.3, -0.25) is 9.59 Å². The van der Waals surface area contributed by atoms with Crippen molar-refractivity contribution in [1.82, 2.24) is 4.98 Å². The van der Waals surface area contributed by atoms with E-state index in [1.54, 1.807) is 48.7 Å². The molecule has 2 amide bonds. The Morgan fingerprint density at radius 1 is 1.00 bits per heavy atom. The zero-order valence-corrected chi connectivity index (χ0v) is 12.9. The van der Waals surface area contributed by atoms with Gasteiger partial charge >= 0.3 is 0 Å². The number of furan rings is 1. The van der Waals surface area contributed by atoms with Gasteiger partial charge in [0.15, 0.2) is 5.76 Å². The molecule has 2 aromatic heterocycles. The van der Waals surface area contributed by atoms with Crippen molar-refractivity contribution >= 4 is 23.3 Å². The Morgan fingerprint density at radius 2 is 1.88 bits per heavy atom. The van der Waals surface area contributed by atoms with Crippen molar-refractivity contribution in [2.45, 2.75) is 6.92 Å². The predicted octanol–water partition coefficient (Wildman–Crippen LogP) is 3.49. The summed E-state index contributed by atoms with van der Waals surface area (Å²) >= 11 is 0. The number of anilines is 2. The molecule has 6 nitrogen and oxygen atoms in total. The molecule has 0 aliphatic heterocycles. The number of carbonyl (C=O) groups is 2. The minimum absolute atomic E-state index is 0.203. The lowest BCUT2D eigenvalue weighted by Gasteiger charge is -2.07. The number of aromatic nitrogens is 1. The number of nitrogens with one attached hydrogen (secondary N) is 2. The summed E-state index contributed by atoms with van der Waals surface area (Å²) in [5.41, 5.74) is 1.92. The predicted molar refractivity (Wildman–Crippen MR) is 90.0 cm³/mol. The van der Waals surface area contributed by atoms with Gasteiger partial charge in [0.1, 0.15) is 5.82 Å². The zero-order chi connectivity index (χ0) is 16.9. The summed E-state index contributed by atoms with van der Waals surface area (Å²) in [6.07, 6.45) is 3.10. The van der Waals surface area contributed by atoms with Crippen LogP contribution in [0.15, 0.2) is 65.4 Å². The highest BCUT2D eigenvalue weighted by molar-refractivity contribution is 6.06. The fraction of sp³-hybridized carbons (Fsp3) is 0.0556. The molecule has 1 aromatic carbocycles. The van der Waals surface area contributed by atoms with Gasteiger partial charge in [0, 0.05) is 17.4 Å². The van der Waals surface area contributed by atoms with Crippen molar-refractivity contribution in [3.05, 3.63) is 77.9 Å². The summed E-state index contributed by atoms with van der Waals surface area (Å²) in [7, 11) is 0.